The lowest BCUT2D eigenvalue weighted by Gasteiger charge is -2.05. The van der Waals surface area contributed by atoms with Crippen LogP contribution in [0.5, 0.6) is 0 Å². The summed E-state index contributed by atoms with van der Waals surface area (Å²) in [5.74, 6) is -0.138. The van der Waals surface area contributed by atoms with Crippen LogP contribution in [0.3, 0.4) is 0 Å². The zero-order valence-electron chi connectivity index (χ0n) is 8.61. The fourth-order valence-electron chi connectivity index (χ4n) is 1.51. The first kappa shape index (κ1) is 9.58. The molecule has 1 N–H and O–H groups in total. The molecule has 76 valence electrons. The normalized spacial score (nSPS) is 10.3. The molecule has 0 atom stereocenters. The Morgan fingerprint density at radius 2 is 1.87 bits per heavy atom. The smallest absolute Gasteiger partial charge is 0.253 e. The molecule has 0 saturated carbocycles. The molecule has 0 aliphatic carbocycles. The molecule has 4 heteroatoms. The van der Waals surface area contributed by atoms with E-state index in [0.29, 0.717) is 11.1 Å². The van der Waals surface area contributed by atoms with Crippen LogP contribution in [0.15, 0.2) is 24.5 Å². The van der Waals surface area contributed by atoms with Gasteiger partial charge >= 0.3 is 0 Å². The van der Waals surface area contributed by atoms with Gasteiger partial charge in [0.2, 0.25) is 0 Å². The van der Waals surface area contributed by atoms with Crippen molar-refractivity contribution in [3.63, 3.8) is 0 Å². The topological polar surface area (TPSA) is 54.9 Å². The van der Waals surface area contributed by atoms with Gasteiger partial charge < -0.3 is 5.32 Å². The highest BCUT2D eigenvalue weighted by Gasteiger charge is 2.10. The average molecular weight is 201 g/mol. The number of aromatic nitrogens is 2. The Kier molecular flexibility index (Phi) is 2.33. The van der Waals surface area contributed by atoms with Crippen molar-refractivity contribution in [2.24, 2.45) is 0 Å². The predicted octanol–water partition coefficient (Wildman–Crippen LogP) is 1.30. The number of hydrogen-bond acceptors (Lipinski definition) is 3. The van der Waals surface area contributed by atoms with Crippen molar-refractivity contribution >= 4 is 16.9 Å². The van der Waals surface area contributed by atoms with Crippen molar-refractivity contribution in [2.45, 2.75) is 6.92 Å². The number of nitrogens with zero attached hydrogens (tertiary/aromatic N) is 2. The van der Waals surface area contributed by atoms with Gasteiger partial charge in [-0.3, -0.25) is 14.8 Å². The van der Waals surface area contributed by atoms with E-state index in [-0.39, 0.29) is 5.91 Å². The molecular formula is C11H11N3O. The summed E-state index contributed by atoms with van der Waals surface area (Å²) in [6.45, 7) is 1.95. The Hall–Kier alpha value is -1.97. The molecule has 15 heavy (non-hydrogen) atoms. The number of aryl methyl sites for hydroxylation is 1. The average Bonchev–Trinajstić information content (AvgIpc) is 2.29. The van der Waals surface area contributed by atoms with Crippen LogP contribution >= 0.6 is 0 Å². The number of carbonyl (C=O) groups is 1. The van der Waals surface area contributed by atoms with Gasteiger partial charge in [-0.15, -0.1) is 0 Å². The Balaban J connectivity index is 2.77. The minimum absolute atomic E-state index is 0.138. The number of carbonyl (C=O) groups excluding carboxylic acids is 1. The molecule has 1 aromatic carbocycles. The van der Waals surface area contributed by atoms with Gasteiger partial charge in [0.1, 0.15) is 5.52 Å². The van der Waals surface area contributed by atoms with Crippen LogP contribution in [-0.4, -0.2) is 22.9 Å². The van der Waals surface area contributed by atoms with Crippen LogP contribution in [0.4, 0.5) is 0 Å². The molecule has 0 radical (unpaired) electrons. The van der Waals surface area contributed by atoms with Crippen LogP contribution in [0, 0.1) is 6.92 Å². The summed E-state index contributed by atoms with van der Waals surface area (Å²) in [6.07, 6.45) is 3.22. The Labute approximate surface area is 87.4 Å². The van der Waals surface area contributed by atoms with Crippen LogP contribution in [-0.2, 0) is 0 Å². The van der Waals surface area contributed by atoms with Crippen molar-refractivity contribution in [1.82, 2.24) is 15.3 Å². The van der Waals surface area contributed by atoms with Crippen LogP contribution in [0.1, 0.15) is 15.9 Å². The molecule has 0 unspecified atom stereocenters. The minimum Gasteiger partial charge on any atom is -0.355 e. The highest BCUT2D eigenvalue weighted by Crippen LogP contribution is 2.17. The molecule has 0 saturated heterocycles. The van der Waals surface area contributed by atoms with Crippen LogP contribution in [0.2, 0.25) is 0 Å². The van der Waals surface area contributed by atoms with Crippen LogP contribution in [0.25, 0.3) is 11.0 Å². The summed E-state index contributed by atoms with van der Waals surface area (Å²) < 4.78 is 0. The first-order valence-electron chi connectivity index (χ1n) is 4.66. The molecule has 1 heterocycles. The maximum Gasteiger partial charge on any atom is 0.253 e. The largest absolute Gasteiger partial charge is 0.355 e. The predicted molar refractivity (Wildman–Crippen MR) is 57.7 cm³/mol. The summed E-state index contributed by atoms with van der Waals surface area (Å²) in [5.41, 5.74) is 3.01. The number of nitrogens with one attached hydrogen (secondary N) is 1. The quantitative estimate of drug-likeness (QED) is 0.756. The van der Waals surface area contributed by atoms with Crippen molar-refractivity contribution in [1.29, 1.82) is 0 Å². The molecular weight excluding hydrogens is 190 g/mol. The van der Waals surface area contributed by atoms with Gasteiger partial charge in [0.25, 0.3) is 5.91 Å². The number of hydrogen-bond donors (Lipinski definition) is 1. The second-order valence-electron chi connectivity index (χ2n) is 3.26. The first-order valence-corrected chi connectivity index (χ1v) is 4.66. The zero-order chi connectivity index (χ0) is 10.8. The molecule has 4 nitrogen and oxygen atoms in total. The van der Waals surface area contributed by atoms with Gasteiger partial charge in [0.15, 0.2) is 0 Å². The van der Waals surface area contributed by atoms with E-state index >= 15 is 0 Å². The van der Waals surface area contributed by atoms with Gasteiger partial charge in [0.05, 0.1) is 11.1 Å². The molecule has 0 fully saturated rings. The third kappa shape index (κ3) is 1.54. The van der Waals surface area contributed by atoms with Crippen molar-refractivity contribution in [3.8, 4) is 0 Å². The highest BCUT2D eigenvalue weighted by atomic mass is 16.1. The van der Waals surface area contributed by atoms with Gasteiger partial charge in [-0.25, -0.2) is 0 Å². The maximum absolute atomic E-state index is 11.6. The Morgan fingerprint density at radius 1 is 1.20 bits per heavy atom. The second kappa shape index (κ2) is 3.65. The molecule has 1 aromatic heterocycles. The number of rotatable bonds is 1. The number of fused-ring (bicyclic) bond motifs is 1. The van der Waals surface area contributed by atoms with E-state index in [0.717, 1.165) is 11.1 Å². The van der Waals surface area contributed by atoms with Gasteiger partial charge in [0, 0.05) is 19.4 Å². The summed E-state index contributed by atoms with van der Waals surface area (Å²) in [7, 11) is 1.60. The Bertz CT molecular complexity index is 522. The third-order valence-corrected chi connectivity index (χ3v) is 2.30. The van der Waals surface area contributed by atoms with E-state index < -0.39 is 0 Å². The van der Waals surface area contributed by atoms with Crippen molar-refractivity contribution < 1.29 is 4.79 Å². The van der Waals surface area contributed by atoms with Gasteiger partial charge in [-0.1, -0.05) is 6.07 Å². The maximum atomic E-state index is 11.6. The molecule has 0 spiro atoms. The van der Waals surface area contributed by atoms with Crippen molar-refractivity contribution in [2.75, 3.05) is 7.05 Å². The molecule has 2 aromatic rings. The fraction of sp³-hybridized carbons (Fsp3) is 0.182. The first-order chi connectivity index (χ1) is 7.24. The lowest BCUT2D eigenvalue weighted by Crippen LogP contribution is -2.18. The van der Waals surface area contributed by atoms with E-state index in [2.05, 4.69) is 15.3 Å². The number of benzene rings is 1. The van der Waals surface area contributed by atoms with Crippen molar-refractivity contribution in [3.05, 3.63) is 35.7 Å². The summed E-state index contributed by atoms with van der Waals surface area (Å²) in [6, 6.07) is 3.65. The Morgan fingerprint density at radius 3 is 2.53 bits per heavy atom. The molecule has 0 aliphatic heterocycles. The van der Waals surface area contributed by atoms with Gasteiger partial charge in [-0.05, 0) is 18.6 Å². The summed E-state index contributed by atoms with van der Waals surface area (Å²) in [5, 5.41) is 2.59. The van der Waals surface area contributed by atoms with E-state index in [4.69, 9.17) is 0 Å². The van der Waals surface area contributed by atoms with E-state index in [1.807, 2.05) is 13.0 Å². The van der Waals surface area contributed by atoms with Gasteiger partial charge in [-0.2, -0.15) is 0 Å². The molecule has 0 aliphatic rings. The van der Waals surface area contributed by atoms with E-state index in [1.165, 1.54) is 0 Å². The molecule has 1 amide bonds. The van der Waals surface area contributed by atoms with E-state index in [9.17, 15) is 4.79 Å². The lowest BCUT2D eigenvalue weighted by molar-refractivity contribution is 0.0964. The standard InChI is InChI=1S/C11H11N3O/c1-7-3-4-8(11(15)12-2)10-9(7)13-5-6-14-10/h3-6H,1-2H3,(H,12,15). The summed E-state index contributed by atoms with van der Waals surface area (Å²) >= 11 is 0. The third-order valence-electron chi connectivity index (χ3n) is 2.30. The molecule has 0 bridgehead atoms. The molecule has 2 rings (SSSR count). The number of amides is 1. The SMILES string of the molecule is CNC(=O)c1ccc(C)c2nccnc12. The second-order valence-corrected chi connectivity index (χ2v) is 3.26. The monoisotopic (exact) mass is 201 g/mol. The minimum atomic E-state index is -0.138. The highest BCUT2D eigenvalue weighted by molar-refractivity contribution is 6.05. The lowest BCUT2D eigenvalue weighted by atomic mass is 10.1. The fourth-order valence-corrected chi connectivity index (χ4v) is 1.51. The van der Waals surface area contributed by atoms with E-state index in [1.54, 1.807) is 25.5 Å². The summed E-state index contributed by atoms with van der Waals surface area (Å²) in [4.78, 5) is 20.0. The van der Waals surface area contributed by atoms with Crippen LogP contribution < -0.4 is 5.32 Å². The zero-order valence-corrected chi connectivity index (χ0v) is 8.61.